The third-order valence-corrected chi connectivity index (χ3v) is 5.74. The first kappa shape index (κ1) is 19.1. The lowest BCUT2D eigenvalue weighted by molar-refractivity contribution is 0.111. The Morgan fingerprint density at radius 3 is 1.31 bits per heavy atom. The predicted octanol–water partition coefficient (Wildman–Crippen LogP) is 6.57. The van der Waals surface area contributed by atoms with Crippen molar-refractivity contribution in [3.63, 3.8) is 0 Å². The van der Waals surface area contributed by atoms with E-state index >= 15 is 0 Å². The van der Waals surface area contributed by atoms with Gasteiger partial charge in [-0.25, -0.2) is 0 Å². The summed E-state index contributed by atoms with van der Waals surface area (Å²) in [6.07, 6.45) is 7.30. The van der Waals surface area contributed by atoms with Crippen LogP contribution < -0.4 is 0 Å². The first-order chi connectivity index (χ1) is 14.3. The maximum absolute atomic E-state index is 11.3. The molecule has 0 amide bonds. The average Bonchev–Trinajstić information content (AvgIpc) is 2.78. The van der Waals surface area contributed by atoms with Crippen molar-refractivity contribution in [2.45, 2.75) is 32.1 Å². The zero-order chi connectivity index (χ0) is 20.1. The molecule has 144 valence electrons. The van der Waals surface area contributed by atoms with Crippen LogP contribution in [0.5, 0.6) is 0 Å². The number of rotatable bonds is 8. The van der Waals surface area contributed by atoms with E-state index < -0.39 is 0 Å². The SMILES string of the molecule is O=Cc1ccc(CCCCCc2ccc(C=O)c3ccccc23)c2ccccc12. The van der Waals surface area contributed by atoms with Crippen LogP contribution in [0.2, 0.25) is 0 Å². The highest BCUT2D eigenvalue weighted by atomic mass is 16.1. The van der Waals surface area contributed by atoms with Gasteiger partial charge in [-0.15, -0.1) is 0 Å². The van der Waals surface area contributed by atoms with Crippen LogP contribution in [-0.2, 0) is 12.8 Å². The monoisotopic (exact) mass is 380 g/mol. The van der Waals surface area contributed by atoms with Crippen molar-refractivity contribution in [3.8, 4) is 0 Å². The number of hydrogen-bond acceptors (Lipinski definition) is 2. The summed E-state index contributed by atoms with van der Waals surface area (Å²) in [6.45, 7) is 0. The number of hydrogen-bond donors (Lipinski definition) is 0. The van der Waals surface area contributed by atoms with E-state index in [0.29, 0.717) is 0 Å². The second kappa shape index (κ2) is 8.83. The van der Waals surface area contributed by atoms with Crippen molar-refractivity contribution in [1.29, 1.82) is 0 Å². The number of aldehydes is 2. The van der Waals surface area contributed by atoms with Crippen molar-refractivity contribution >= 4 is 34.1 Å². The summed E-state index contributed by atoms with van der Waals surface area (Å²) in [5.74, 6) is 0. The van der Waals surface area contributed by atoms with Gasteiger partial charge < -0.3 is 0 Å². The Labute approximate surface area is 171 Å². The Morgan fingerprint density at radius 2 is 0.897 bits per heavy atom. The van der Waals surface area contributed by atoms with Crippen LogP contribution >= 0.6 is 0 Å². The number of fused-ring (bicyclic) bond motifs is 2. The smallest absolute Gasteiger partial charge is 0.150 e. The number of aryl methyl sites for hydroxylation is 2. The second-order valence-electron chi connectivity index (χ2n) is 7.52. The first-order valence-electron chi connectivity index (χ1n) is 10.2. The Hall–Kier alpha value is -3.26. The Morgan fingerprint density at radius 1 is 0.483 bits per heavy atom. The van der Waals surface area contributed by atoms with E-state index in [4.69, 9.17) is 0 Å². The fraction of sp³-hybridized carbons (Fsp3) is 0.185. The summed E-state index contributed by atoms with van der Waals surface area (Å²) >= 11 is 0. The maximum Gasteiger partial charge on any atom is 0.150 e. The number of unbranched alkanes of at least 4 members (excludes halogenated alkanes) is 2. The van der Waals surface area contributed by atoms with Crippen molar-refractivity contribution in [2.24, 2.45) is 0 Å². The molecule has 4 aromatic rings. The van der Waals surface area contributed by atoms with Gasteiger partial charge in [0.25, 0.3) is 0 Å². The molecular weight excluding hydrogens is 356 g/mol. The molecule has 0 saturated heterocycles. The van der Waals surface area contributed by atoms with Crippen LogP contribution in [0, 0.1) is 0 Å². The van der Waals surface area contributed by atoms with E-state index in [-0.39, 0.29) is 0 Å². The molecule has 0 bridgehead atoms. The zero-order valence-corrected chi connectivity index (χ0v) is 16.4. The molecule has 4 aromatic carbocycles. The summed E-state index contributed by atoms with van der Waals surface area (Å²) in [6, 6.07) is 24.4. The lowest BCUT2D eigenvalue weighted by Gasteiger charge is -2.10. The number of carbonyl (C=O) groups excluding carboxylic acids is 2. The van der Waals surface area contributed by atoms with Gasteiger partial charge in [-0.3, -0.25) is 9.59 Å². The molecule has 0 aliphatic heterocycles. The standard InChI is InChI=1S/C27H24O2/c28-18-22-16-14-20(24-10-4-6-12-26(22)24)8-2-1-3-9-21-15-17-23(19-29)27-13-7-5-11-25(21)27/h4-7,10-19H,1-3,8-9H2. The quantitative estimate of drug-likeness (QED) is 0.256. The number of carbonyl (C=O) groups is 2. The molecule has 0 heterocycles. The van der Waals surface area contributed by atoms with Crippen LogP contribution in [0.4, 0.5) is 0 Å². The molecular formula is C27H24O2. The van der Waals surface area contributed by atoms with E-state index in [1.807, 2.05) is 48.5 Å². The molecule has 4 rings (SSSR count). The minimum absolute atomic E-state index is 0.759. The van der Waals surface area contributed by atoms with Gasteiger partial charge in [0.2, 0.25) is 0 Å². The van der Waals surface area contributed by atoms with Crippen molar-refractivity contribution in [1.82, 2.24) is 0 Å². The molecule has 0 N–H and O–H groups in total. The van der Waals surface area contributed by atoms with Gasteiger partial charge in [0.1, 0.15) is 0 Å². The van der Waals surface area contributed by atoms with Gasteiger partial charge >= 0.3 is 0 Å². The molecule has 0 radical (unpaired) electrons. The van der Waals surface area contributed by atoms with Crippen LogP contribution in [0.15, 0.2) is 72.8 Å². The molecule has 2 nitrogen and oxygen atoms in total. The largest absolute Gasteiger partial charge is 0.298 e. The van der Waals surface area contributed by atoms with Crippen molar-refractivity contribution in [3.05, 3.63) is 95.1 Å². The molecule has 29 heavy (non-hydrogen) atoms. The van der Waals surface area contributed by atoms with Gasteiger partial charge in [-0.2, -0.15) is 0 Å². The Balaban J connectivity index is 1.40. The Bertz CT molecular complexity index is 1080. The first-order valence-corrected chi connectivity index (χ1v) is 10.2. The zero-order valence-electron chi connectivity index (χ0n) is 16.4. The third kappa shape index (κ3) is 3.97. The van der Waals surface area contributed by atoms with Gasteiger partial charge in [-0.1, -0.05) is 79.2 Å². The molecule has 2 heteroatoms. The Kier molecular flexibility index (Phi) is 5.81. The minimum atomic E-state index is 0.759. The van der Waals surface area contributed by atoms with Gasteiger partial charge in [0.15, 0.2) is 12.6 Å². The van der Waals surface area contributed by atoms with Crippen molar-refractivity contribution in [2.75, 3.05) is 0 Å². The average molecular weight is 380 g/mol. The predicted molar refractivity (Wildman–Crippen MR) is 120 cm³/mol. The van der Waals surface area contributed by atoms with Gasteiger partial charge in [0, 0.05) is 11.1 Å². The fourth-order valence-corrected chi connectivity index (χ4v) is 4.22. The highest BCUT2D eigenvalue weighted by Gasteiger charge is 2.07. The molecule has 0 atom stereocenters. The van der Waals surface area contributed by atoms with E-state index in [2.05, 4.69) is 24.3 Å². The molecule has 0 unspecified atom stereocenters. The summed E-state index contributed by atoms with van der Waals surface area (Å²) in [4.78, 5) is 22.6. The van der Waals surface area contributed by atoms with Crippen LogP contribution in [0.1, 0.15) is 51.1 Å². The lowest BCUT2D eigenvalue weighted by atomic mass is 9.94. The minimum Gasteiger partial charge on any atom is -0.298 e. The molecule has 0 aliphatic carbocycles. The van der Waals surface area contributed by atoms with Gasteiger partial charge in [0.05, 0.1) is 0 Å². The van der Waals surface area contributed by atoms with E-state index in [9.17, 15) is 9.59 Å². The highest BCUT2D eigenvalue weighted by Crippen LogP contribution is 2.25. The normalized spacial score (nSPS) is 11.0. The number of benzene rings is 4. The maximum atomic E-state index is 11.3. The topological polar surface area (TPSA) is 34.1 Å². The van der Waals surface area contributed by atoms with Crippen molar-refractivity contribution < 1.29 is 9.59 Å². The van der Waals surface area contributed by atoms with E-state index in [1.54, 1.807) is 0 Å². The third-order valence-electron chi connectivity index (χ3n) is 5.74. The fourth-order valence-electron chi connectivity index (χ4n) is 4.22. The molecule has 0 fully saturated rings. The molecule has 0 aliphatic rings. The van der Waals surface area contributed by atoms with Crippen LogP contribution in [0.25, 0.3) is 21.5 Å². The van der Waals surface area contributed by atoms with Crippen LogP contribution in [0.3, 0.4) is 0 Å². The highest BCUT2D eigenvalue weighted by molar-refractivity contribution is 6.00. The van der Waals surface area contributed by atoms with E-state index in [0.717, 1.165) is 66.6 Å². The van der Waals surface area contributed by atoms with Gasteiger partial charge in [-0.05, 0) is 58.4 Å². The van der Waals surface area contributed by atoms with E-state index in [1.165, 1.54) is 21.9 Å². The summed E-state index contributed by atoms with van der Waals surface area (Å²) in [7, 11) is 0. The summed E-state index contributed by atoms with van der Waals surface area (Å²) in [5.41, 5.74) is 4.14. The molecule has 0 aromatic heterocycles. The van der Waals surface area contributed by atoms with Crippen LogP contribution in [-0.4, -0.2) is 12.6 Å². The second-order valence-corrected chi connectivity index (χ2v) is 7.52. The lowest BCUT2D eigenvalue weighted by Crippen LogP contribution is -1.94. The molecule has 0 spiro atoms. The summed E-state index contributed by atoms with van der Waals surface area (Å²) < 4.78 is 0. The molecule has 0 saturated carbocycles. The summed E-state index contributed by atoms with van der Waals surface area (Å²) in [5, 5.41) is 4.46.